The van der Waals surface area contributed by atoms with Crippen LogP contribution in [-0.2, 0) is 10.3 Å². The smallest absolute Gasteiger partial charge is 0.317 e. The zero-order chi connectivity index (χ0) is 26.0. The van der Waals surface area contributed by atoms with E-state index in [0.29, 0.717) is 49.2 Å². The second kappa shape index (κ2) is 13.8. The Hall–Kier alpha value is -2.32. The minimum Gasteiger partial charge on any atom is -0.455 e. The molecule has 3 rings (SSSR count). The monoisotopic (exact) mass is 517 g/mol. The van der Waals surface area contributed by atoms with E-state index in [9.17, 15) is 9.90 Å². The van der Waals surface area contributed by atoms with Crippen LogP contribution in [0.3, 0.4) is 0 Å². The number of rotatable bonds is 12. The Morgan fingerprint density at radius 2 is 1.92 bits per heavy atom. The number of methoxy groups -OCH3 is 1. The number of unbranched alkanes of at least 4 members (excludes halogenated alkanes) is 1. The van der Waals surface area contributed by atoms with Gasteiger partial charge in [0.1, 0.15) is 11.5 Å². The molecule has 0 radical (unpaired) electrons. The zero-order valence-corrected chi connectivity index (χ0v) is 22.4. The van der Waals surface area contributed by atoms with E-state index in [-0.39, 0.29) is 18.0 Å². The van der Waals surface area contributed by atoms with Crippen LogP contribution in [0.5, 0.6) is 11.5 Å². The number of amides is 2. The number of urea groups is 1. The third-order valence-electron chi connectivity index (χ3n) is 6.83. The summed E-state index contributed by atoms with van der Waals surface area (Å²) in [5, 5.41) is 19.0. The van der Waals surface area contributed by atoms with Gasteiger partial charge in [0.15, 0.2) is 0 Å². The minimum absolute atomic E-state index is 0.0144. The molecule has 1 fully saturated rings. The Bertz CT molecular complexity index is 975. The number of hydrogen-bond donors (Lipinski definition) is 3. The maximum absolute atomic E-state index is 13.0. The summed E-state index contributed by atoms with van der Waals surface area (Å²) in [6.07, 6.45) is 3.80. The molecule has 1 aliphatic heterocycles. The van der Waals surface area contributed by atoms with E-state index < -0.39 is 5.60 Å². The van der Waals surface area contributed by atoms with Crippen molar-refractivity contribution in [2.24, 2.45) is 5.92 Å². The lowest BCUT2D eigenvalue weighted by atomic mass is 9.73. The van der Waals surface area contributed by atoms with E-state index in [1.807, 2.05) is 61.3 Å². The molecule has 0 aromatic heterocycles. The van der Waals surface area contributed by atoms with Crippen molar-refractivity contribution < 1.29 is 19.4 Å². The molecule has 7 nitrogen and oxygen atoms in total. The maximum atomic E-state index is 13.0. The topological polar surface area (TPSA) is 83.1 Å². The van der Waals surface area contributed by atoms with Crippen LogP contribution in [0, 0.1) is 5.92 Å². The molecular weight excluding hydrogens is 478 g/mol. The van der Waals surface area contributed by atoms with Gasteiger partial charge in [-0.25, -0.2) is 4.79 Å². The highest BCUT2D eigenvalue weighted by Crippen LogP contribution is 2.44. The number of likely N-dealkylation sites (tertiary alicyclic amines) is 1. The molecule has 0 unspecified atom stereocenters. The van der Waals surface area contributed by atoms with Gasteiger partial charge in [-0.3, -0.25) is 0 Å². The number of carbonyl (C=O) groups excluding carboxylic acids is 1. The average molecular weight is 518 g/mol. The summed E-state index contributed by atoms with van der Waals surface area (Å²) < 4.78 is 11.5. The fraction of sp³-hybridized carbons (Fsp3) is 0.536. The van der Waals surface area contributed by atoms with Gasteiger partial charge in [-0.15, -0.1) is 0 Å². The summed E-state index contributed by atoms with van der Waals surface area (Å²) in [6, 6.07) is 14.8. The Labute approximate surface area is 220 Å². The number of nitrogens with one attached hydrogen (secondary N) is 2. The zero-order valence-electron chi connectivity index (χ0n) is 21.6. The Kier molecular flexibility index (Phi) is 10.9. The highest BCUT2D eigenvalue weighted by Gasteiger charge is 2.43. The largest absolute Gasteiger partial charge is 0.455 e. The van der Waals surface area contributed by atoms with Crippen LogP contribution in [0.4, 0.5) is 4.79 Å². The number of carbonyl (C=O) groups is 1. The molecule has 3 N–H and O–H groups in total. The number of piperidine rings is 1. The van der Waals surface area contributed by atoms with Crippen molar-refractivity contribution in [1.82, 2.24) is 15.5 Å². The molecule has 0 aliphatic carbocycles. The van der Waals surface area contributed by atoms with E-state index in [1.165, 1.54) is 0 Å². The Balaban J connectivity index is 1.89. The summed E-state index contributed by atoms with van der Waals surface area (Å²) in [6.45, 7) is 4.45. The van der Waals surface area contributed by atoms with E-state index in [1.54, 1.807) is 13.2 Å². The van der Waals surface area contributed by atoms with Gasteiger partial charge in [0, 0.05) is 50.9 Å². The quantitative estimate of drug-likeness (QED) is 0.338. The first kappa shape index (κ1) is 28.3. The van der Waals surface area contributed by atoms with Crippen LogP contribution < -0.4 is 15.4 Å². The number of aliphatic hydroxyl groups is 1. The van der Waals surface area contributed by atoms with Gasteiger partial charge >= 0.3 is 6.03 Å². The summed E-state index contributed by atoms with van der Waals surface area (Å²) in [5.74, 6) is 0.968. The van der Waals surface area contributed by atoms with Gasteiger partial charge in [0.05, 0.1) is 10.6 Å². The van der Waals surface area contributed by atoms with Gasteiger partial charge in [0.25, 0.3) is 0 Å². The van der Waals surface area contributed by atoms with E-state index in [4.69, 9.17) is 21.1 Å². The molecule has 8 heteroatoms. The number of hydrogen-bond acceptors (Lipinski definition) is 5. The first-order valence-electron chi connectivity index (χ1n) is 12.8. The fourth-order valence-corrected chi connectivity index (χ4v) is 5.14. The van der Waals surface area contributed by atoms with Crippen LogP contribution in [0.1, 0.15) is 44.6 Å². The number of likely N-dealkylation sites (N-methyl/N-ethyl adjacent to an activating group) is 1. The number of benzene rings is 2. The standard InChI is InChI=1S/C28H40ClN3O4/c1-21(19-30-2)31-27(33)32-17-10-11-22(20-32)28(34,16-8-9-18-35-3)23-12-4-6-14-25(23)36-26-15-7-5-13-24(26)29/h4-7,12-15,21-22,30,34H,8-11,16-20H2,1-3H3,(H,31,33)/t21-,22+,28-/m0/s1. The van der Waals surface area contributed by atoms with Gasteiger partial charge in [-0.05, 0) is 64.3 Å². The van der Waals surface area contributed by atoms with Crippen LogP contribution >= 0.6 is 11.6 Å². The molecule has 2 aromatic rings. The lowest BCUT2D eigenvalue weighted by Crippen LogP contribution is -2.53. The number of halogens is 1. The molecule has 2 aromatic carbocycles. The summed E-state index contributed by atoms with van der Waals surface area (Å²) in [4.78, 5) is 14.8. The van der Waals surface area contributed by atoms with E-state index >= 15 is 0 Å². The third kappa shape index (κ3) is 7.35. The molecule has 0 bridgehead atoms. The van der Waals surface area contributed by atoms with Crippen molar-refractivity contribution in [3.8, 4) is 11.5 Å². The van der Waals surface area contributed by atoms with Gasteiger partial charge in [-0.2, -0.15) is 0 Å². The summed E-state index contributed by atoms with van der Waals surface area (Å²) in [5.41, 5.74) is -0.459. The molecule has 1 aliphatic rings. The predicted molar refractivity (Wildman–Crippen MR) is 144 cm³/mol. The number of nitrogens with zero attached hydrogens (tertiary/aromatic N) is 1. The second-order valence-corrected chi connectivity index (χ2v) is 10.0. The molecule has 198 valence electrons. The fourth-order valence-electron chi connectivity index (χ4n) is 4.97. The van der Waals surface area contributed by atoms with Gasteiger partial charge in [0.2, 0.25) is 0 Å². The number of ether oxygens (including phenoxy) is 2. The molecule has 3 atom stereocenters. The molecule has 1 saturated heterocycles. The van der Waals surface area contributed by atoms with Crippen molar-refractivity contribution in [1.29, 1.82) is 0 Å². The second-order valence-electron chi connectivity index (χ2n) is 9.60. The third-order valence-corrected chi connectivity index (χ3v) is 7.14. The van der Waals surface area contributed by atoms with E-state index in [2.05, 4.69) is 10.6 Å². The first-order chi connectivity index (χ1) is 17.4. The highest BCUT2D eigenvalue weighted by molar-refractivity contribution is 6.32. The predicted octanol–water partition coefficient (Wildman–Crippen LogP) is 5.17. The van der Waals surface area contributed by atoms with Crippen LogP contribution in [0.15, 0.2) is 48.5 Å². The summed E-state index contributed by atoms with van der Waals surface area (Å²) in [7, 11) is 3.55. The van der Waals surface area contributed by atoms with Crippen molar-refractivity contribution in [2.75, 3.05) is 40.4 Å². The summed E-state index contributed by atoms with van der Waals surface area (Å²) >= 11 is 6.37. The Morgan fingerprint density at radius 3 is 2.64 bits per heavy atom. The normalized spacial score (nSPS) is 18.4. The molecule has 0 saturated carbocycles. The molecular formula is C28H40ClN3O4. The lowest BCUT2D eigenvalue weighted by molar-refractivity contribution is -0.0574. The molecule has 2 amide bonds. The van der Waals surface area contributed by atoms with Crippen molar-refractivity contribution in [3.63, 3.8) is 0 Å². The van der Waals surface area contributed by atoms with Crippen LogP contribution in [0.2, 0.25) is 5.02 Å². The number of para-hydroxylation sites is 2. The molecule has 1 heterocycles. The average Bonchev–Trinajstić information content (AvgIpc) is 2.88. The lowest BCUT2D eigenvalue weighted by Gasteiger charge is -2.43. The van der Waals surface area contributed by atoms with Crippen molar-refractivity contribution >= 4 is 17.6 Å². The Morgan fingerprint density at radius 1 is 1.19 bits per heavy atom. The van der Waals surface area contributed by atoms with Gasteiger partial charge in [-0.1, -0.05) is 41.9 Å². The van der Waals surface area contributed by atoms with Crippen molar-refractivity contribution in [2.45, 2.75) is 50.7 Å². The maximum Gasteiger partial charge on any atom is 0.317 e. The van der Waals surface area contributed by atoms with E-state index in [0.717, 1.165) is 31.2 Å². The molecule has 36 heavy (non-hydrogen) atoms. The highest BCUT2D eigenvalue weighted by atomic mass is 35.5. The van der Waals surface area contributed by atoms with Crippen LogP contribution in [0.25, 0.3) is 0 Å². The van der Waals surface area contributed by atoms with Gasteiger partial charge < -0.3 is 30.1 Å². The van der Waals surface area contributed by atoms with Crippen LogP contribution in [-0.4, -0.2) is 62.5 Å². The SMILES string of the molecule is CNC[C@H](C)NC(=O)N1CCC[C@@H]([C@@](O)(CCCCOC)c2ccccc2Oc2ccccc2Cl)C1. The molecule has 0 spiro atoms. The van der Waals surface area contributed by atoms with Crippen molar-refractivity contribution in [3.05, 3.63) is 59.1 Å². The first-order valence-corrected chi connectivity index (χ1v) is 13.2. The minimum atomic E-state index is -1.18.